The molecule has 14 heavy (non-hydrogen) atoms. The van der Waals surface area contributed by atoms with Crippen molar-refractivity contribution in [1.29, 1.82) is 0 Å². The van der Waals surface area contributed by atoms with E-state index in [-0.39, 0.29) is 17.6 Å². The molecule has 1 aliphatic heterocycles. The maximum absolute atomic E-state index is 11.3. The molecular formula is C11H19NO2. The molecule has 0 aromatic carbocycles. The number of allylic oxidation sites excluding steroid dienone is 1. The first-order chi connectivity index (χ1) is 6.53. The van der Waals surface area contributed by atoms with Crippen LogP contribution in [0.1, 0.15) is 33.6 Å². The van der Waals surface area contributed by atoms with E-state index in [4.69, 9.17) is 4.74 Å². The van der Waals surface area contributed by atoms with Crippen LogP contribution in [0.5, 0.6) is 0 Å². The fraction of sp³-hybridized carbons (Fsp3) is 0.727. The Morgan fingerprint density at radius 2 is 2.29 bits per heavy atom. The van der Waals surface area contributed by atoms with Gasteiger partial charge >= 0.3 is 0 Å². The average molecular weight is 197 g/mol. The van der Waals surface area contributed by atoms with Crippen LogP contribution in [-0.4, -0.2) is 24.2 Å². The van der Waals surface area contributed by atoms with E-state index in [0.29, 0.717) is 0 Å². The smallest absolute Gasteiger partial charge is 0.243 e. The molecule has 0 aliphatic carbocycles. The van der Waals surface area contributed by atoms with Crippen molar-refractivity contribution in [2.75, 3.05) is 6.61 Å². The Morgan fingerprint density at radius 1 is 1.57 bits per heavy atom. The first kappa shape index (κ1) is 11.2. The molecule has 0 aromatic heterocycles. The summed E-state index contributed by atoms with van der Waals surface area (Å²) in [4.78, 5) is 11.3. The quantitative estimate of drug-likeness (QED) is 0.683. The highest BCUT2D eigenvalue weighted by Gasteiger charge is 2.29. The topological polar surface area (TPSA) is 38.3 Å². The van der Waals surface area contributed by atoms with Gasteiger partial charge < -0.3 is 10.1 Å². The lowest BCUT2D eigenvalue weighted by molar-refractivity contribution is -0.119. The Bertz CT molecular complexity index is 233. The molecule has 1 amide bonds. The molecule has 0 spiro atoms. The van der Waals surface area contributed by atoms with Gasteiger partial charge in [0.15, 0.2) is 0 Å². The molecule has 1 atom stereocenters. The number of amides is 1. The molecule has 1 rings (SSSR count). The molecule has 0 aromatic rings. The van der Waals surface area contributed by atoms with Crippen LogP contribution in [0.15, 0.2) is 12.2 Å². The molecule has 1 aliphatic rings. The van der Waals surface area contributed by atoms with E-state index in [2.05, 4.69) is 19.2 Å². The van der Waals surface area contributed by atoms with Crippen LogP contribution in [0.2, 0.25) is 0 Å². The summed E-state index contributed by atoms with van der Waals surface area (Å²) in [6.07, 6.45) is 5.10. The van der Waals surface area contributed by atoms with Gasteiger partial charge in [-0.1, -0.05) is 6.08 Å². The molecule has 80 valence electrons. The van der Waals surface area contributed by atoms with E-state index >= 15 is 0 Å². The van der Waals surface area contributed by atoms with Crippen LogP contribution >= 0.6 is 0 Å². The SMILES string of the molecule is C/C=C/C(=O)NC1CCOC(C)(C)C1. The Morgan fingerprint density at radius 3 is 2.86 bits per heavy atom. The van der Waals surface area contributed by atoms with Crippen LogP contribution in [0, 0.1) is 0 Å². The Kier molecular flexibility index (Phi) is 3.69. The highest BCUT2D eigenvalue weighted by Crippen LogP contribution is 2.23. The highest BCUT2D eigenvalue weighted by molar-refractivity contribution is 5.87. The molecular weight excluding hydrogens is 178 g/mol. The summed E-state index contributed by atoms with van der Waals surface area (Å²) >= 11 is 0. The summed E-state index contributed by atoms with van der Waals surface area (Å²) in [6.45, 7) is 6.68. The minimum absolute atomic E-state index is 0.00444. The van der Waals surface area contributed by atoms with Gasteiger partial charge in [0.25, 0.3) is 0 Å². The number of nitrogens with one attached hydrogen (secondary N) is 1. The largest absolute Gasteiger partial charge is 0.375 e. The molecule has 0 bridgehead atoms. The maximum atomic E-state index is 11.3. The van der Waals surface area contributed by atoms with Crippen LogP contribution in [0.4, 0.5) is 0 Å². The van der Waals surface area contributed by atoms with Gasteiger partial charge in [0, 0.05) is 12.6 Å². The molecule has 1 heterocycles. The van der Waals surface area contributed by atoms with Crippen molar-refractivity contribution < 1.29 is 9.53 Å². The zero-order valence-electron chi connectivity index (χ0n) is 9.17. The van der Waals surface area contributed by atoms with Gasteiger partial charge in [0.05, 0.1) is 5.60 Å². The number of ether oxygens (including phenoxy) is 1. The second kappa shape index (κ2) is 4.60. The third-order valence-corrected chi connectivity index (χ3v) is 2.36. The third kappa shape index (κ3) is 3.50. The average Bonchev–Trinajstić information content (AvgIpc) is 2.02. The van der Waals surface area contributed by atoms with Crippen molar-refractivity contribution in [2.45, 2.75) is 45.3 Å². The normalized spacial score (nSPS) is 26.4. The highest BCUT2D eigenvalue weighted by atomic mass is 16.5. The van der Waals surface area contributed by atoms with Gasteiger partial charge in [-0.25, -0.2) is 0 Å². The monoisotopic (exact) mass is 197 g/mol. The Hall–Kier alpha value is -0.830. The number of carbonyl (C=O) groups excluding carboxylic acids is 1. The zero-order valence-corrected chi connectivity index (χ0v) is 9.17. The molecule has 1 unspecified atom stereocenters. The van der Waals surface area contributed by atoms with Crippen molar-refractivity contribution in [1.82, 2.24) is 5.32 Å². The summed E-state index contributed by atoms with van der Waals surface area (Å²) in [5.74, 6) is -0.00444. The van der Waals surface area contributed by atoms with Crippen molar-refractivity contribution in [3.8, 4) is 0 Å². The lowest BCUT2D eigenvalue weighted by Crippen LogP contribution is -2.45. The fourth-order valence-electron chi connectivity index (χ4n) is 1.76. The van der Waals surface area contributed by atoms with Gasteiger partial charge in [-0.15, -0.1) is 0 Å². The van der Waals surface area contributed by atoms with Crippen molar-refractivity contribution >= 4 is 5.91 Å². The van der Waals surface area contributed by atoms with Crippen LogP contribution in [0.3, 0.4) is 0 Å². The minimum Gasteiger partial charge on any atom is -0.375 e. The van der Waals surface area contributed by atoms with E-state index in [1.54, 1.807) is 12.2 Å². The molecule has 1 fully saturated rings. The molecule has 1 saturated heterocycles. The number of hydrogen-bond donors (Lipinski definition) is 1. The van der Waals surface area contributed by atoms with E-state index in [0.717, 1.165) is 19.4 Å². The lowest BCUT2D eigenvalue weighted by Gasteiger charge is -2.35. The van der Waals surface area contributed by atoms with Crippen LogP contribution < -0.4 is 5.32 Å². The van der Waals surface area contributed by atoms with E-state index < -0.39 is 0 Å². The van der Waals surface area contributed by atoms with Gasteiger partial charge in [0.2, 0.25) is 5.91 Å². The van der Waals surface area contributed by atoms with Crippen molar-refractivity contribution in [2.24, 2.45) is 0 Å². The van der Waals surface area contributed by atoms with Crippen molar-refractivity contribution in [3.05, 3.63) is 12.2 Å². The summed E-state index contributed by atoms with van der Waals surface area (Å²) in [5, 5.41) is 2.97. The number of carbonyl (C=O) groups is 1. The summed E-state index contributed by atoms with van der Waals surface area (Å²) in [5.41, 5.74) is -0.105. The predicted molar refractivity (Wildman–Crippen MR) is 56.0 cm³/mol. The standard InChI is InChI=1S/C11H19NO2/c1-4-5-10(13)12-9-6-7-14-11(2,3)8-9/h4-5,9H,6-8H2,1-3H3,(H,12,13)/b5-4+. The van der Waals surface area contributed by atoms with Gasteiger partial charge in [-0.3, -0.25) is 4.79 Å². The first-order valence-electron chi connectivity index (χ1n) is 5.11. The first-order valence-corrected chi connectivity index (χ1v) is 5.11. The van der Waals surface area contributed by atoms with Crippen LogP contribution in [-0.2, 0) is 9.53 Å². The zero-order chi connectivity index (χ0) is 10.6. The molecule has 3 heteroatoms. The van der Waals surface area contributed by atoms with Crippen LogP contribution in [0.25, 0.3) is 0 Å². The minimum atomic E-state index is -0.105. The molecule has 0 radical (unpaired) electrons. The van der Waals surface area contributed by atoms with E-state index in [9.17, 15) is 4.79 Å². The lowest BCUT2D eigenvalue weighted by atomic mass is 9.94. The maximum Gasteiger partial charge on any atom is 0.243 e. The second-order valence-electron chi connectivity index (χ2n) is 4.31. The second-order valence-corrected chi connectivity index (χ2v) is 4.31. The Labute approximate surface area is 85.5 Å². The van der Waals surface area contributed by atoms with Gasteiger partial charge in [-0.2, -0.15) is 0 Å². The molecule has 3 nitrogen and oxygen atoms in total. The van der Waals surface area contributed by atoms with Crippen molar-refractivity contribution in [3.63, 3.8) is 0 Å². The fourth-order valence-corrected chi connectivity index (χ4v) is 1.76. The Balaban J connectivity index is 2.42. The van der Waals surface area contributed by atoms with Gasteiger partial charge in [0.1, 0.15) is 0 Å². The van der Waals surface area contributed by atoms with Gasteiger partial charge in [-0.05, 0) is 39.7 Å². The predicted octanol–water partition coefficient (Wildman–Crippen LogP) is 1.64. The summed E-state index contributed by atoms with van der Waals surface area (Å²) < 4.78 is 5.57. The number of rotatable bonds is 2. The summed E-state index contributed by atoms with van der Waals surface area (Å²) in [7, 11) is 0. The summed E-state index contributed by atoms with van der Waals surface area (Å²) in [6, 6.07) is 0.252. The molecule has 1 N–H and O–H groups in total. The molecule has 0 saturated carbocycles. The number of hydrogen-bond acceptors (Lipinski definition) is 2. The van der Waals surface area contributed by atoms with E-state index in [1.165, 1.54) is 0 Å². The third-order valence-electron chi connectivity index (χ3n) is 2.36. The van der Waals surface area contributed by atoms with E-state index in [1.807, 2.05) is 6.92 Å².